The molecule has 0 aliphatic carbocycles. The number of aryl methyl sites for hydroxylation is 1. The number of carbonyl (C=O) groups is 1. The standard InChI is InChI=1S/C18H15F2N3O4/c19-11-3-1-9(12(20)7-11)2-4-13(25)15-16(21)14-10(8-24)5-6-22-17(14)23(27)18(15)26/h1,3,5-7,24,27H,2,4,8,21H2. The lowest BCUT2D eigenvalue weighted by molar-refractivity contribution is 0.0976. The molecular formula is C18H15F2N3O4. The highest BCUT2D eigenvalue weighted by molar-refractivity contribution is 6.07. The molecule has 1 aromatic carbocycles. The Morgan fingerprint density at radius 3 is 2.63 bits per heavy atom. The van der Waals surface area contributed by atoms with Gasteiger partial charge < -0.3 is 16.0 Å². The molecule has 0 bridgehead atoms. The summed E-state index contributed by atoms with van der Waals surface area (Å²) in [7, 11) is 0. The van der Waals surface area contributed by atoms with E-state index in [-0.39, 0.29) is 45.4 Å². The van der Waals surface area contributed by atoms with Gasteiger partial charge in [-0.05, 0) is 29.7 Å². The summed E-state index contributed by atoms with van der Waals surface area (Å²) in [5.74, 6) is -2.27. The van der Waals surface area contributed by atoms with E-state index >= 15 is 0 Å². The molecule has 0 aliphatic rings. The minimum Gasteiger partial charge on any atom is -0.423 e. The lowest BCUT2D eigenvalue weighted by Crippen LogP contribution is -2.28. The number of hydrogen-bond acceptors (Lipinski definition) is 6. The molecule has 2 aromatic heterocycles. The van der Waals surface area contributed by atoms with Gasteiger partial charge in [0.1, 0.15) is 17.2 Å². The Balaban J connectivity index is 2.03. The van der Waals surface area contributed by atoms with Crippen LogP contribution in [0.5, 0.6) is 0 Å². The van der Waals surface area contributed by atoms with E-state index in [4.69, 9.17) is 5.73 Å². The maximum absolute atomic E-state index is 13.7. The first-order chi connectivity index (χ1) is 12.8. The summed E-state index contributed by atoms with van der Waals surface area (Å²) >= 11 is 0. The van der Waals surface area contributed by atoms with E-state index in [2.05, 4.69) is 4.98 Å². The Kier molecular flexibility index (Phi) is 4.87. The topological polar surface area (TPSA) is 118 Å². The molecule has 0 fully saturated rings. The minimum absolute atomic E-state index is 0.0819. The number of benzene rings is 1. The third-order valence-electron chi connectivity index (χ3n) is 4.25. The lowest BCUT2D eigenvalue weighted by atomic mass is 9.99. The fraction of sp³-hybridized carbons (Fsp3) is 0.167. The van der Waals surface area contributed by atoms with Gasteiger partial charge in [0.2, 0.25) is 0 Å². The molecule has 0 radical (unpaired) electrons. The van der Waals surface area contributed by atoms with Gasteiger partial charge in [0.15, 0.2) is 11.4 Å². The number of anilines is 1. The zero-order valence-corrected chi connectivity index (χ0v) is 13.9. The molecule has 0 atom stereocenters. The number of hydrogen-bond donors (Lipinski definition) is 3. The molecule has 0 aliphatic heterocycles. The second-order valence-electron chi connectivity index (χ2n) is 5.89. The average molecular weight is 375 g/mol. The zero-order chi connectivity index (χ0) is 19.7. The molecule has 0 amide bonds. The molecule has 140 valence electrons. The zero-order valence-electron chi connectivity index (χ0n) is 13.9. The van der Waals surface area contributed by atoms with E-state index in [1.807, 2.05) is 0 Å². The Morgan fingerprint density at radius 1 is 1.22 bits per heavy atom. The molecule has 3 aromatic rings. The van der Waals surface area contributed by atoms with Crippen LogP contribution in [0.15, 0.2) is 35.3 Å². The first-order valence-electron chi connectivity index (χ1n) is 7.94. The van der Waals surface area contributed by atoms with Crippen LogP contribution in [-0.4, -0.2) is 25.8 Å². The summed E-state index contributed by atoms with van der Waals surface area (Å²) in [6.45, 7) is -0.449. The number of ketones is 1. The van der Waals surface area contributed by atoms with E-state index < -0.39 is 35.1 Å². The number of aliphatic hydroxyl groups excluding tert-OH is 1. The highest BCUT2D eigenvalue weighted by Gasteiger charge is 2.23. The monoisotopic (exact) mass is 375 g/mol. The van der Waals surface area contributed by atoms with Gasteiger partial charge in [-0.15, -0.1) is 4.73 Å². The van der Waals surface area contributed by atoms with Crippen LogP contribution >= 0.6 is 0 Å². The van der Waals surface area contributed by atoms with Crippen molar-refractivity contribution in [1.82, 2.24) is 9.71 Å². The molecule has 0 spiro atoms. The van der Waals surface area contributed by atoms with Crippen LogP contribution in [0.3, 0.4) is 0 Å². The van der Waals surface area contributed by atoms with E-state index in [0.717, 1.165) is 6.07 Å². The number of carbonyl (C=O) groups excluding carboxylic acids is 1. The van der Waals surface area contributed by atoms with Crippen molar-refractivity contribution in [2.75, 3.05) is 5.73 Å². The second kappa shape index (κ2) is 7.12. The van der Waals surface area contributed by atoms with E-state index in [1.165, 1.54) is 18.3 Å². The second-order valence-corrected chi connectivity index (χ2v) is 5.89. The van der Waals surface area contributed by atoms with E-state index in [1.54, 1.807) is 0 Å². The summed E-state index contributed by atoms with van der Waals surface area (Å²) in [5.41, 5.74) is 4.39. The van der Waals surface area contributed by atoms with Crippen molar-refractivity contribution >= 4 is 22.5 Å². The predicted octanol–water partition coefficient (Wildman–Crippen LogP) is 1.80. The molecular weight excluding hydrogens is 360 g/mol. The highest BCUT2D eigenvalue weighted by Crippen LogP contribution is 2.25. The van der Waals surface area contributed by atoms with Gasteiger partial charge in [0.25, 0.3) is 5.56 Å². The number of nitrogen functional groups attached to an aromatic ring is 1. The van der Waals surface area contributed by atoms with Crippen LogP contribution in [-0.2, 0) is 13.0 Å². The van der Waals surface area contributed by atoms with Crippen LogP contribution in [0, 0.1) is 11.6 Å². The fourth-order valence-electron chi connectivity index (χ4n) is 2.88. The highest BCUT2D eigenvalue weighted by atomic mass is 19.1. The van der Waals surface area contributed by atoms with Crippen LogP contribution < -0.4 is 11.3 Å². The minimum atomic E-state index is -1.06. The summed E-state index contributed by atoms with van der Waals surface area (Å²) < 4.78 is 26.9. The number of pyridine rings is 2. The van der Waals surface area contributed by atoms with Crippen LogP contribution in [0.25, 0.3) is 11.0 Å². The van der Waals surface area contributed by atoms with Gasteiger partial charge in [-0.2, -0.15) is 0 Å². The van der Waals surface area contributed by atoms with Crippen molar-refractivity contribution in [3.05, 3.63) is 69.1 Å². The quantitative estimate of drug-likeness (QED) is 0.462. The number of Topliss-reactive ketones (excluding diaryl/α,β-unsaturated/α-hetero) is 1. The Bertz CT molecular complexity index is 1110. The molecule has 27 heavy (non-hydrogen) atoms. The number of fused-ring (bicyclic) bond motifs is 1. The van der Waals surface area contributed by atoms with Gasteiger partial charge in [-0.1, -0.05) is 6.07 Å². The smallest absolute Gasteiger partial charge is 0.297 e. The first-order valence-corrected chi connectivity index (χ1v) is 7.94. The van der Waals surface area contributed by atoms with Crippen molar-refractivity contribution in [3.63, 3.8) is 0 Å². The normalized spacial score (nSPS) is 11.1. The van der Waals surface area contributed by atoms with Crippen molar-refractivity contribution in [2.45, 2.75) is 19.4 Å². The van der Waals surface area contributed by atoms with Crippen molar-refractivity contribution in [3.8, 4) is 0 Å². The first kappa shape index (κ1) is 18.5. The van der Waals surface area contributed by atoms with Crippen LogP contribution in [0.2, 0.25) is 0 Å². The van der Waals surface area contributed by atoms with E-state index in [0.29, 0.717) is 6.07 Å². The summed E-state index contributed by atoms with van der Waals surface area (Å²) in [5, 5.41) is 19.6. The van der Waals surface area contributed by atoms with E-state index in [9.17, 15) is 28.7 Å². The summed E-state index contributed by atoms with van der Waals surface area (Å²) in [6, 6.07) is 4.41. The average Bonchev–Trinajstić information content (AvgIpc) is 2.65. The fourth-order valence-corrected chi connectivity index (χ4v) is 2.88. The van der Waals surface area contributed by atoms with Crippen molar-refractivity contribution < 1.29 is 23.9 Å². The van der Waals surface area contributed by atoms with Gasteiger partial charge in [0, 0.05) is 18.7 Å². The maximum atomic E-state index is 13.7. The lowest BCUT2D eigenvalue weighted by Gasteiger charge is -2.12. The third-order valence-corrected chi connectivity index (χ3v) is 4.25. The third kappa shape index (κ3) is 3.24. The molecule has 7 nitrogen and oxygen atoms in total. The van der Waals surface area contributed by atoms with Gasteiger partial charge >= 0.3 is 0 Å². The molecule has 0 unspecified atom stereocenters. The predicted molar refractivity (Wildman–Crippen MR) is 92.5 cm³/mol. The Labute approximate surface area is 151 Å². The van der Waals surface area contributed by atoms with Crippen LogP contribution in [0.1, 0.15) is 27.9 Å². The molecule has 2 heterocycles. The van der Waals surface area contributed by atoms with Gasteiger partial charge in [-0.3, -0.25) is 9.59 Å². The number of rotatable bonds is 5. The summed E-state index contributed by atoms with van der Waals surface area (Å²) in [4.78, 5) is 28.8. The molecule has 4 N–H and O–H groups in total. The Morgan fingerprint density at radius 2 is 1.96 bits per heavy atom. The number of nitrogens with two attached hydrogens (primary N) is 1. The SMILES string of the molecule is Nc1c(C(=O)CCc2ccc(F)cc2F)c(=O)n(O)c2nccc(CO)c12. The van der Waals surface area contributed by atoms with Crippen molar-refractivity contribution in [2.24, 2.45) is 0 Å². The molecule has 3 rings (SSSR count). The number of aromatic nitrogens is 2. The number of aliphatic hydroxyl groups is 1. The largest absolute Gasteiger partial charge is 0.423 e. The molecule has 0 saturated carbocycles. The van der Waals surface area contributed by atoms with Gasteiger partial charge in [0.05, 0.1) is 17.7 Å². The molecule has 9 heteroatoms. The Hall–Kier alpha value is -3.33. The van der Waals surface area contributed by atoms with Crippen LogP contribution in [0.4, 0.5) is 14.5 Å². The number of halogens is 2. The molecule has 0 saturated heterocycles. The van der Waals surface area contributed by atoms with Gasteiger partial charge in [-0.25, -0.2) is 13.8 Å². The maximum Gasteiger partial charge on any atom is 0.297 e. The van der Waals surface area contributed by atoms with Crippen molar-refractivity contribution in [1.29, 1.82) is 0 Å². The summed E-state index contributed by atoms with van der Waals surface area (Å²) in [6.07, 6.45) is 0.897. The number of nitrogens with zero attached hydrogens (tertiary/aromatic N) is 2.